The first kappa shape index (κ1) is 32.6. The Balaban J connectivity index is 0.000000384. The van der Waals surface area contributed by atoms with Crippen LogP contribution >= 0.6 is 0 Å². The third-order valence-electron chi connectivity index (χ3n) is 6.70. The fourth-order valence-corrected chi connectivity index (χ4v) is 3.17. The van der Waals surface area contributed by atoms with Crippen LogP contribution in [0, 0.1) is 30.7 Å². The summed E-state index contributed by atoms with van der Waals surface area (Å²) in [5, 5.41) is 10.8. The number of hydrogen-bond acceptors (Lipinski definition) is 5. The summed E-state index contributed by atoms with van der Waals surface area (Å²) in [5.41, 5.74) is 2.30. The molecular formula is C31H42IrNO4-. The van der Waals surface area contributed by atoms with Gasteiger partial charge in [-0.2, -0.15) is 17.2 Å². The number of benzene rings is 1. The van der Waals surface area contributed by atoms with E-state index in [2.05, 4.69) is 31.0 Å². The monoisotopic (exact) mass is 685 g/mol. The molecular weight excluding hydrogens is 643 g/mol. The van der Waals surface area contributed by atoms with Crippen molar-refractivity contribution in [1.29, 1.82) is 0 Å². The van der Waals surface area contributed by atoms with Gasteiger partial charge in [-0.25, -0.2) is 4.98 Å². The molecule has 5 nitrogen and oxygen atoms in total. The number of carbonyl (C=O) groups is 1. The van der Waals surface area contributed by atoms with E-state index in [1.54, 1.807) is 6.20 Å². The van der Waals surface area contributed by atoms with E-state index in [9.17, 15) is 9.90 Å². The van der Waals surface area contributed by atoms with Gasteiger partial charge in [0.1, 0.15) is 17.1 Å². The van der Waals surface area contributed by atoms with Crippen molar-refractivity contribution < 1.29 is 39.2 Å². The van der Waals surface area contributed by atoms with E-state index in [0.717, 1.165) is 40.7 Å². The Labute approximate surface area is 236 Å². The maximum Gasteiger partial charge on any atom is 0.220 e. The molecule has 0 fully saturated rings. The van der Waals surface area contributed by atoms with Gasteiger partial charge in [0.05, 0.1) is 0 Å². The van der Waals surface area contributed by atoms with E-state index in [4.69, 9.17) is 9.15 Å². The van der Waals surface area contributed by atoms with Crippen LogP contribution in [0.1, 0.15) is 91.0 Å². The molecule has 1 N–H and O–H groups in total. The molecule has 0 aliphatic carbocycles. The van der Waals surface area contributed by atoms with E-state index in [1.807, 2.05) is 73.6 Å². The summed E-state index contributed by atoms with van der Waals surface area (Å²) in [6.07, 6.45) is 4.77. The zero-order valence-electron chi connectivity index (χ0n) is 23.9. The number of carbonyl (C=O) groups excluding carboxylic acids is 1. The second-order valence-electron chi connectivity index (χ2n) is 11.0. The predicted molar refractivity (Wildman–Crippen MR) is 147 cm³/mol. The van der Waals surface area contributed by atoms with E-state index in [-0.39, 0.29) is 42.5 Å². The molecule has 0 amide bonds. The van der Waals surface area contributed by atoms with Gasteiger partial charge in [0, 0.05) is 66.3 Å². The number of hydrogen-bond donors (Lipinski definition) is 1. The van der Waals surface area contributed by atoms with Crippen LogP contribution in [0.4, 0.5) is 0 Å². The Morgan fingerprint density at radius 1 is 1.08 bits per heavy atom. The smallest absolute Gasteiger partial charge is 0.220 e. The number of aliphatic hydroxyl groups is 1. The quantitative estimate of drug-likeness (QED) is 0.146. The molecule has 0 atom stereocenters. The van der Waals surface area contributed by atoms with Crippen LogP contribution in [-0.4, -0.2) is 15.9 Å². The van der Waals surface area contributed by atoms with Crippen molar-refractivity contribution in [3.63, 3.8) is 0 Å². The zero-order valence-corrected chi connectivity index (χ0v) is 26.3. The summed E-state index contributed by atoms with van der Waals surface area (Å²) in [6, 6.07) is 11.0. The summed E-state index contributed by atoms with van der Waals surface area (Å²) in [6.45, 7) is 19.9. The van der Waals surface area contributed by atoms with Crippen LogP contribution in [0.2, 0.25) is 0 Å². The standard InChI is InChI=1S/C18H18NO2.C13H24O2.Ir/c1-11(2)16-8-14-10-19-18(9-17(14)21-16)20-15-6-12(3)5-13(4)7-15;1-7-12(3,4)10(14)9-11(15)13(5,6)8-2;/h5-6,8-11H,1-4H3;9,14H,7-8H2,1-6H3;/q-1;;/b;10-9-;. The third-order valence-corrected chi connectivity index (χ3v) is 6.70. The summed E-state index contributed by atoms with van der Waals surface area (Å²) >= 11 is 0. The SMILES string of the molecule is CCC(C)(C)C(=O)/C=C(\O)C(C)(C)CC.Cc1[c-]c(Oc2cc3oc(C(C)C)cc3cn2)cc(C)c1.[Ir]. The molecule has 0 saturated carbocycles. The first-order valence-electron chi connectivity index (χ1n) is 12.7. The molecule has 0 saturated heterocycles. The van der Waals surface area contributed by atoms with Crippen LogP contribution in [0.25, 0.3) is 11.0 Å². The average molecular weight is 685 g/mol. The number of pyridine rings is 1. The number of fused-ring (bicyclic) bond motifs is 1. The molecule has 0 spiro atoms. The van der Waals surface area contributed by atoms with Crippen molar-refractivity contribution in [3.05, 3.63) is 65.3 Å². The molecule has 0 aliphatic heterocycles. The van der Waals surface area contributed by atoms with Crippen molar-refractivity contribution in [1.82, 2.24) is 4.98 Å². The van der Waals surface area contributed by atoms with Crippen molar-refractivity contribution >= 4 is 16.8 Å². The molecule has 0 aliphatic rings. The summed E-state index contributed by atoms with van der Waals surface area (Å²) in [7, 11) is 0. The fourth-order valence-electron chi connectivity index (χ4n) is 3.17. The molecule has 2 aromatic heterocycles. The van der Waals surface area contributed by atoms with Gasteiger partial charge in [0.2, 0.25) is 5.88 Å². The molecule has 1 aromatic carbocycles. The Kier molecular flexibility index (Phi) is 11.8. The number of furan rings is 1. The van der Waals surface area contributed by atoms with Gasteiger partial charge in [-0.1, -0.05) is 69.2 Å². The van der Waals surface area contributed by atoms with E-state index in [1.165, 1.54) is 6.08 Å². The zero-order chi connectivity index (χ0) is 27.3. The normalized spacial score (nSPS) is 12.1. The summed E-state index contributed by atoms with van der Waals surface area (Å²) in [5.74, 6) is 2.71. The second-order valence-corrected chi connectivity index (χ2v) is 11.0. The Bertz CT molecular complexity index is 1200. The number of ketones is 1. The van der Waals surface area contributed by atoms with Gasteiger partial charge in [0.25, 0.3) is 0 Å². The largest absolute Gasteiger partial charge is 0.512 e. The number of allylic oxidation sites excluding steroid dienone is 2. The van der Waals surface area contributed by atoms with Crippen LogP contribution in [0.5, 0.6) is 11.6 Å². The number of aryl methyl sites for hydroxylation is 2. The van der Waals surface area contributed by atoms with Gasteiger partial charge in [-0.3, -0.25) is 4.79 Å². The molecule has 1 radical (unpaired) electrons. The van der Waals surface area contributed by atoms with Crippen LogP contribution < -0.4 is 4.74 Å². The summed E-state index contributed by atoms with van der Waals surface area (Å²) < 4.78 is 11.6. The number of nitrogens with zero attached hydrogens (tertiary/aromatic N) is 1. The first-order chi connectivity index (χ1) is 16.7. The van der Waals surface area contributed by atoms with Crippen molar-refractivity contribution in [2.24, 2.45) is 10.8 Å². The van der Waals surface area contributed by atoms with Gasteiger partial charge in [-0.15, -0.1) is 12.1 Å². The maximum atomic E-state index is 11.8. The minimum absolute atomic E-state index is 0. The number of aromatic nitrogens is 1. The van der Waals surface area contributed by atoms with E-state index < -0.39 is 0 Å². The molecule has 0 bridgehead atoms. The molecule has 205 valence electrons. The Morgan fingerprint density at radius 3 is 2.24 bits per heavy atom. The van der Waals surface area contributed by atoms with Crippen molar-refractivity contribution in [3.8, 4) is 11.6 Å². The summed E-state index contributed by atoms with van der Waals surface area (Å²) in [4.78, 5) is 16.2. The molecule has 6 heteroatoms. The molecule has 37 heavy (non-hydrogen) atoms. The Hall–Kier alpha value is -2.43. The Morgan fingerprint density at radius 2 is 1.70 bits per heavy atom. The molecule has 3 rings (SSSR count). The van der Waals surface area contributed by atoms with Crippen molar-refractivity contribution in [2.75, 3.05) is 0 Å². The van der Waals surface area contributed by atoms with Gasteiger partial charge in [-0.05, 0) is 18.9 Å². The van der Waals surface area contributed by atoms with Gasteiger partial charge < -0.3 is 14.3 Å². The second kappa shape index (κ2) is 13.4. The predicted octanol–water partition coefficient (Wildman–Crippen LogP) is 9.03. The molecule has 2 heterocycles. The van der Waals surface area contributed by atoms with Crippen LogP contribution in [0.3, 0.4) is 0 Å². The topological polar surface area (TPSA) is 72.6 Å². The third kappa shape index (κ3) is 9.12. The van der Waals surface area contributed by atoms with Crippen LogP contribution in [-0.2, 0) is 24.9 Å². The average Bonchev–Trinajstić information content (AvgIpc) is 3.22. The van der Waals surface area contributed by atoms with E-state index >= 15 is 0 Å². The van der Waals surface area contributed by atoms with Crippen LogP contribution in [0.15, 0.2) is 46.7 Å². The van der Waals surface area contributed by atoms with Gasteiger partial charge in [0.15, 0.2) is 5.78 Å². The van der Waals surface area contributed by atoms with Gasteiger partial charge >= 0.3 is 0 Å². The minimum Gasteiger partial charge on any atom is -0.512 e. The van der Waals surface area contributed by atoms with Crippen molar-refractivity contribution in [2.45, 2.75) is 88.0 Å². The first-order valence-corrected chi connectivity index (χ1v) is 12.7. The number of rotatable bonds is 8. The maximum absolute atomic E-state index is 11.8. The van der Waals surface area contributed by atoms with E-state index in [0.29, 0.717) is 17.5 Å². The molecule has 0 unspecified atom stereocenters. The minimum atomic E-state index is -0.377. The fraction of sp³-hybridized carbons (Fsp3) is 0.484. The number of ether oxygens (including phenoxy) is 1. The molecule has 3 aromatic rings. The number of aliphatic hydroxyl groups excluding tert-OH is 1.